The molecule has 2 amide bonds. The van der Waals surface area contributed by atoms with Crippen LogP contribution < -0.4 is 11.1 Å². The van der Waals surface area contributed by atoms with Crippen LogP contribution in [0.15, 0.2) is 91.5 Å². The summed E-state index contributed by atoms with van der Waals surface area (Å²) in [6.07, 6.45) is -13.6. The second kappa shape index (κ2) is 14.3. The summed E-state index contributed by atoms with van der Waals surface area (Å²) >= 11 is 0. The van der Waals surface area contributed by atoms with Crippen LogP contribution in [0.3, 0.4) is 0 Å². The molecular weight excluding hydrogens is 594 g/mol. The van der Waals surface area contributed by atoms with E-state index in [0.29, 0.717) is 23.3 Å². The molecule has 0 radical (unpaired) electrons. The van der Waals surface area contributed by atoms with E-state index in [1.165, 1.54) is 13.0 Å². The number of amides is 2. The van der Waals surface area contributed by atoms with Crippen molar-refractivity contribution in [1.29, 1.82) is 0 Å². The van der Waals surface area contributed by atoms with Crippen LogP contribution in [-0.4, -0.2) is 24.9 Å². The van der Waals surface area contributed by atoms with E-state index >= 15 is 0 Å². The van der Waals surface area contributed by atoms with Crippen molar-refractivity contribution in [3.05, 3.63) is 119 Å². The molecule has 3 N–H and O–H groups in total. The molecule has 0 spiro atoms. The number of hydrogen-bond acceptors (Lipinski definition) is 5. The molecule has 3 aromatic carbocycles. The first-order valence-electron chi connectivity index (χ1n) is 13.2. The van der Waals surface area contributed by atoms with Gasteiger partial charge < -0.3 is 25.3 Å². The van der Waals surface area contributed by atoms with Gasteiger partial charge in [-0.25, -0.2) is 9.59 Å². The first kappa shape index (κ1) is 34.0. The molecule has 0 fully saturated rings. The third kappa shape index (κ3) is 9.49. The normalized spacial score (nSPS) is 14.5. The summed E-state index contributed by atoms with van der Waals surface area (Å²) in [6, 6.07) is 18.0. The Bertz CT molecular complexity index is 1380. The highest BCUT2D eigenvalue weighted by Gasteiger charge is 2.40. The average molecular weight is 625 g/mol. The van der Waals surface area contributed by atoms with Gasteiger partial charge in [0.1, 0.15) is 12.7 Å². The lowest BCUT2D eigenvalue weighted by molar-refractivity contribution is -0.143. The van der Waals surface area contributed by atoms with Crippen LogP contribution in [0.4, 0.5) is 35.9 Å². The fraction of sp³-hybridized carbons (Fsp3) is 0.290. The first-order chi connectivity index (χ1) is 20.6. The molecule has 0 aliphatic rings. The van der Waals surface area contributed by atoms with Crippen molar-refractivity contribution >= 4 is 12.2 Å². The quantitative estimate of drug-likeness (QED) is 0.159. The van der Waals surface area contributed by atoms with E-state index in [-0.39, 0.29) is 19.1 Å². The molecule has 13 heteroatoms. The van der Waals surface area contributed by atoms with E-state index in [1.54, 1.807) is 60.7 Å². The molecule has 0 saturated heterocycles. The van der Waals surface area contributed by atoms with Gasteiger partial charge in [-0.3, -0.25) is 0 Å². The zero-order chi connectivity index (χ0) is 32.5. The molecule has 0 aliphatic heterocycles. The molecule has 3 rings (SSSR count). The smallest absolute Gasteiger partial charge is 0.416 e. The number of carbonyl (C=O) groups is 2. The number of rotatable bonds is 12. The lowest BCUT2D eigenvalue weighted by Gasteiger charge is -2.37. The monoisotopic (exact) mass is 624 g/mol. The fourth-order valence-electron chi connectivity index (χ4n) is 4.37. The van der Waals surface area contributed by atoms with Crippen LogP contribution in [0, 0.1) is 0 Å². The number of nitrogens with one attached hydrogen (secondary N) is 1. The molecule has 44 heavy (non-hydrogen) atoms. The highest BCUT2D eigenvalue weighted by molar-refractivity contribution is 5.69. The van der Waals surface area contributed by atoms with Gasteiger partial charge in [-0.15, -0.1) is 0 Å². The summed E-state index contributed by atoms with van der Waals surface area (Å²) in [4.78, 5) is 24.7. The van der Waals surface area contributed by atoms with E-state index in [2.05, 4.69) is 11.9 Å². The Balaban J connectivity index is 2.01. The second-order valence-corrected chi connectivity index (χ2v) is 9.84. The van der Waals surface area contributed by atoms with Crippen LogP contribution in [0.1, 0.15) is 47.3 Å². The van der Waals surface area contributed by atoms with Crippen LogP contribution in [0.25, 0.3) is 0 Å². The van der Waals surface area contributed by atoms with E-state index < -0.39 is 65.6 Å². The number of carbonyl (C=O) groups excluding carboxylic acids is 2. The van der Waals surface area contributed by atoms with Crippen molar-refractivity contribution in [2.75, 3.05) is 6.61 Å². The van der Waals surface area contributed by atoms with Crippen molar-refractivity contribution in [2.24, 2.45) is 5.73 Å². The molecule has 0 unspecified atom stereocenters. The summed E-state index contributed by atoms with van der Waals surface area (Å²) in [6.45, 7) is 4.26. The molecule has 0 heterocycles. The number of ether oxygens (including phenoxy) is 3. The fourth-order valence-corrected chi connectivity index (χ4v) is 4.37. The summed E-state index contributed by atoms with van der Waals surface area (Å²) in [7, 11) is 0. The van der Waals surface area contributed by atoms with Gasteiger partial charge in [0.2, 0.25) is 0 Å². The largest absolute Gasteiger partial charge is 0.445 e. The summed E-state index contributed by atoms with van der Waals surface area (Å²) in [5.41, 5.74) is 1.24. The SMILES string of the molecule is C=C[C@@H](C[C@](CO[C@H](C)c1cc(C(F)(F)F)cc(C(F)(F)F)c1)(NC(=O)OCc1ccccc1)c1ccccc1)OC(N)=O. The number of primary amides is 1. The minimum atomic E-state index is -5.06. The van der Waals surface area contributed by atoms with Crippen LogP contribution in [-0.2, 0) is 38.7 Å². The molecule has 3 aromatic rings. The standard InChI is InChI=1S/C31H30F6N2O5/c1-3-26(44-27(38)40)17-29(23-12-8-5-9-13-23,39-28(41)42-18-21-10-6-4-7-11-21)19-43-20(2)22-14-24(30(32,33)34)16-25(15-22)31(35,36)37/h3-16,20,26H,1,17-19H2,2H3,(H2,38,40)(H,39,41)/t20-,26+,29-/m1/s1. The van der Waals surface area contributed by atoms with Crippen molar-refractivity contribution in [3.63, 3.8) is 0 Å². The van der Waals surface area contributed by atoms with Gasteiger partial charge in [0.05, 0.1) is 29.4 Å². The van der Waals surface area contributed by atoms with Crippen LogP contribution in [0.5, 0.6) is 0 Å². The topological polar surface area (TPSA) is 99.9 Å². The van der Waals surface area contributed by atoms with Crippen molar-refractivity contribution in [3.8, 4) is 0 Å². The zero-order valence-electron chi connectivity index (χ0n) is 23.5. The van der Waals surface area contributed by atoms with Crippen molar-refractivity contribution in [2.45, 2.75) is 50.1 Å². The number of alkyl carbamates (subject to hydrolysis) is 1. The Kier molecular flexibility index (Phi) is 11.0. The number of nitrogens with two attached hydrogens (primary N) is 1. The Hall–Kier alpha value is -4.52. The highest BCUT2D eigenvalue weighted by atomic mass is 19.4. The number of benzene rings is 3. The number of halogens is 6. The van der Waals surface area contributed by atoms with Gasteiger partial charge in [0.25, 0.3) is 0 Å². The zero-order valence-corrected chi connectivity index (χ0v) is 23.5. The lowest BCUT2D eigenvalue weighted by atomic mass is 9.84. The molecule has 0 saturated carbocycles. The van der Waals surface area contributed by atoms with E-state index in [1.807, 2.05) is 0 Å². The maximum absolute atomic E-state index is 13.5. The average Bonchev–Trinajstić information content (AvgIpc) is 2.98. The Morgan fingerprint density at radius 2 is 1.43 bits per heavy atom. The lowest BCUT2D eigenvalue weighted by Crippen LogP contribution is -2.52. The van der Waals surface area contributed by atoms with Gasteiger partial charge >= 0.3 is 24.5 Å². The predicted octanol–water partition coefficient (Wildman–Crippen LogP) is 7.66. The van der Waals surface area contributed by atoms with Gasteiger partial charge in [-0.2, -0.15) is 26.3 Å². The summed E-state index contributed by atoms with van der Waals surface area (Å²) in [5, 5.41) is 2.71. The summed E-state index contributed by atoms with van der Waals surface area (Å²) in [5.74, 6) is 0. The molecule has 0 aromatic heterocycles. The maximum Gasteiger partial charge on any atom is 0.416 e. The minimum absolute atomic E-state index is 0.0185. The highest BCUT2D eigenvalue weighted by Crippen LogP contribution is 2.39. The Morgan fingerprint density at radius 3 is 1.93 bits per heavy atom. The second-order valence-electron chi connectivity index (χ2n) is 9.84. The Morgan fingerprint density at radius 1 is 0.886 bits per heavy atom. The van der Waals surface area contributed by atoms with Crippen LogP contribution >= 0.6 is 0 Å². The van der Waals surface area contributed by atoms with E-state index in [0.717, 1.165) is 0 Å². The molecular formula is C31H30F6N2O5. The molecule has 0 bridgehead atoms. The third-order valence-electron chi connectivity index (χ3n) is 6.62. The van der Waals surface area contributed by atoms with Gasteiger partial charge in [-0.1, -0.05) is 73.3 Å². The van der Waals surface area contributed by atoms with E-state index in [9.17, 15) is 35.9 Å². The number of hydrogen-bond donors (Lipinski definition) is 2. The van der Waals surface area contributed by atoms with Crippen molar-refractivity contribution in [1.82, 2.24) is 5.32 Å². The molecule has 3 atom stereocenters. The molecule has 7 nitrogen and oxygen atoms in total. The van der Waals surface area contributed by atoms with E-state index in [4.69, 9.17) is 19.9 Å². The van der Waals surface area contributed by atoms with Crippen molar-refractivity contribution < 1.29 is 50.1 Å². The first-order valence-corrected chi connectivity index (χ1v) is 13.2. The predicted molar refractivity (Wildman–Crippen MR) is 148 cm³/mol. The van der Waals surface area contributed by atoms with Crippen LogP contribution in [0.2, 0.25) is 0 Å². The van der Waals surface area contributed by atoms with Gasteiger partial charge in [-0.05, 0) is 41.8 Å². The maximum atomic E-state index is 13.5. The number of alkyl halides is 6. The summed E-state index contributed by atoms with van der Waals surface area (Å²) < 4.78 is 97.3. The Labute approximate surface area is 249 Å². The molecule has 0 aliphatic carbocycles. The van der Waals surface area contributed by atoms with Gasteiger partial charge in [0, 0.05) is 6.42 Å². The molecule has 236 valence electrons. The van der Waals surface area contributed by atoms with Gasteiger partial charge in [0.15, 0.2) is 0 Å². The third-order valence-corrected chi connectivity index (χ3v) is 6.62. The minimum Gasteiger partial charge on any atom is -0.445 e.